The van der Waals surface area contributed by atoms with Gasteiger partial charge in [0.1, 0.15) is 5.82 Å². The van der Waals surface area contributed by atoms with Crippen LogP contribution in [-0.4, -0.2) is 40.6 Å². The van der Waals surface area contributed by atoms with E-state index in [2.05, 4.69) is 5.32 Å². The molecule has 1 aromatic rings. The van der Waals surface area contributed by atoms with Crippen molar-refractivity contribution in [2.24, 2.45) is 0 Å². The van der Waals surface area contributed by atoms with E-state index in [0.717, 1.165) is 18.5 Å². The number of hydrogen-bond acceptors (Lipinski definition) is 4. The number of methoxy groups -OCH3 is 1. The number of hydrogen-bond donors (Lipinski definition) is 1. The summed E-state index contributed by atoms with van der Waals surface area (Å²) in [7, 11) is 3.51. The molecular formula is C15H24FNO3. The zero-order valence-electron chi connectivity index (χ0n) is 12.3. The van der Waals surface area contributed by atoms with Crippen molar-refractivity contribution in [2.45, 2.75) is 19.6 Å². The average molecular weight is 285 g/mol. The molecule has 4 nitrogen and oxygen atoms in total. The fraction of sp³-hybridized carbons (Fsp3) is 0.600. The molecular weight excluding hydrogens is 261 g/mol. The van der Waals surface area contributed by atoms with Gasteiger partial charge in [0.25, 0.3) is 0 Å². The Bertz CT molecular complexity index is 374. The normalized spacial score (nSPS) is 10.9. The Kier molecular flexibility index (Phi) is 9.15. The minimum absolute atomic E-state index is 0.221. The van der Waals surface area contributed by atoms with Crippen LogP contribution < -0.4 is 5.32 Å². The first-order valence-electron chi connectivity index (χ1n) is 6.84. The van der Waals surface area contributed by atoms with Crippen molar-refractivity contribution in [1.82, 2.24) is 5.32 Å². The molecule has 0 bridgehead atoms. The highest BCUT2D eigenvalue weighted by molar-refractivity contribution is 5.24. The van der Waals surface area contributed by atoms with Gasteiger partial charge in [-0.25, -0.2) is 4.39 Å². The van der Waals surface area contributed by atoms with Gasteiger partial charge in [-0.3, -0.25) is 0 Å². The molecule has 0 aliphatic heterocycles. The zero-order chi connectivity index (χ0) is 14.6. The van der Waals surface area contributed by atoms with Gasteiger partial charge in [0.05, 0.1) is 19.8 Å². The third-order valence-corrected chi connectivity index (χ3v) is 2.76. The number of rotatable bonds is 11. The molecule has 0 aliphatic rings. The van der Waals surface area contributed by atoms with E-state index in [1.54, 1.807) is 13.2 Å². The van der Waals surface area contributed by atoms with E-state index in [9.17, 15) is 4.39 Å². The van der Waals surface area contributed by atoms with Crippen LogP contribution in [0.5, 0.6) is 0 Å². The Balaban J connectivity index is 2.19. The highest BCUT2D eigenvalue weighted by Gasteiger charge is 2.03. The quantitative estimate of drug-likeness (QED) is 0.632. The van der Waals surface area contributed by atoms with Gasteiger partial charge in [-0.2, -0.15) is 0 Å². The predicted octanol–water partition coefficient (Wildman–Crippen LogP) is 2.11. The Hall–Kier alpha value is -1.01. The third-order valence-electron chi connectivity index (χ3n) is 2.76. The highest BCUT2D eigenvalue weighted by atomic mass is 19.1. The maximum Gasteiger partial charge on any atom is 0.128 e. The van der Waals surface area contributed by atoms with E-state index in [1.165, 1.54) is 6.07 Å². The summed E-state index contributed by atoms with van der Waals surface area (Å²) in [6.07, 6.45) is 0.793. The van der Waals surface area contributed by atoms with Crippen molar-refractivity contribution >= 4 is 0 Å². The highest BCUT2D eigenvalue weighted by Crippen LogP contribution is 2.12. The fourth-order valence-corrected chi connectivity index (χ4v) is 1.74. The molecule has 20 heavy (non-hydrogen) atoms. The molecule has 0 aromatic heterocycles. The van der Waals surface area contributed by atoms with Crippen LogP contribution in [-0.2, 0) is 27.4 Å². The maximum atomic E-state index is 13.6. The molecule has 1 rings (SSSR count). The lowest BCUT2D eigenvalue weighted by Gasteiger charge is -2.08. The third kappa shape index (κ3) is 6.96. The molecule has 1 aromatic carbocycles. The largest absolute Gasteiger partial charge is 0.382 e. The summed E-state index contributed by atoms with van der Waals surface area (Å²) in [6.45, 7) is 3.40. The smallest absolute Gasteiger partial charge is 0.128 e. The number of ether oxygens (including phenoxy) is 3. The molecule has 0 unspecified atom stereocenters. The van der Waals surface area contributed by atoms with E-state index in [4.69, 9.17) is 14.2 Å². The SMILES string of the molecule is CNCc1ccc(F)c(COCCCOCCOC)c1. The number of nitrogens with one attached hydrogen (secondary N) is 1. The average Bonchev–Trinajstić information content (AvgIpc) is 2.45. The topological polar surface area (TPSA) is 39.7 Å². The van der Waals surface area contributed by atoms with Crippen LogP contribution in [0.1, 0.15) is 17.5 Å². The van der Waals surface area contributed by atoms with Gasteiger partial charge in [-0.1, -0.05) is 6.07 Å². The van der Waals surface area contributed by atoms with E-state index in [0.29, 0.717) is 38.6 Å². The van der Waals surface area contributed by atoms with Crippen molar-refractivity contribution in [3.63, 3.8) is 0 Å². The van der Waals surface area contributed by atoms with Gasteiger partial charge in [0, 0.05) is 32.4 Å². The summed E-state index contributed by atoms with van der Waals surface area (Å²) in [5.41, 5.74) is 1.65. The van der Waals surface area contributed by atoms with Crippen LogP contribution in [0.25, 0.3) is 0 Å². The van der Waals surface area contributed by atoms with Gasteiger partial charge in [0.2, 0.25) is 0 Å². The summed E-state index contributed by atoms with van der Waals surface area (Å²) < 4.78 is 29.2. The van der Waals surface area contributed by atoms with Gasteiger partial charge in [-0.05, 0) is 31.2 Å². The minimum atomic E-state index is -0.221. The van der Waals surface area contributed by atoms with Crippen molar-refractivity contribution < 1.29 is 18.6 Å². The summed E-state index contributed by atoms with van der Waals surface area (Å²) >= 11 is 0. The Morgan fingerprint density at radius 1 is 1.10 bits per heavy atom. The van der Waals surface area contributed by atoms with E-state index in [-0.39, 0.29) is 5.82 Å². The summed E-state index contributed by atoms with van der Waals surface area (Å²) in [5, 5.41) is 3.04. The first kappa shape index (κ1) is 17.0. The second-order valence-corrected chi connectivity index (χ2v) is 4.47. The van der Waals surface area contributed by atoms with Crippen LogP contribution >= 0.6 is 0 Å². The molecule has 5 heteroatoms. The first-order chi connectivity index (χ1) is 9.77. The lowest BCUT2D eigenvalue weighted by molar-refractivity contribution is 0.0479. The predicted molar refractivity (Wildman–Crippen MR) is 76.1 cm³/mol. The Morgan fingerprint density at radius 2 is 1.90 bits per heavy atom. The fourth-order valence-electron chi connectivity index (χ4n) is 1.74. The summed E-state index contributed by atoms with van der Waals surface area (Å²) in [4.78, 5) is 0. The van der Waals surface area contributed by atoms with Gasteiger partial charge >= 0.3 is 0 Å². The van der Waals surface area contributed by atoms with Gasteiger partial charge in [-0.15, -0.1) is 0 Å². The molecule has 0 saturated heterocycles. The molecule has 114 valence electrons. The number of benzene rings is 1. The van der Waals surface area contributed by atoms with Crippen LogP contribution in [0.15, 0.2) is 18.2 Å². The van der Waals surface area contributed by atoms with E-state index in [1.807, 2.05) is 13.1 Å². The summed E-state index contributed by atoms with van der Waals surface area (Å²) in [5.74, 6) is -0.221. The number of halogens is 1. The van der Waals surface area contributed by atoms with Crippen molar-refractivity contribution in [2.75, 3.05) is 40.6 Å². The molecule has 0 aliphatic carbocycles. The van der Waals surface area contributed by atoms with Crippen LogP contribution in [0.3, 0.4) is 0 Å². The van der Waals surface area contributed by atoms with E-state index < -0.39 is 0 Å². The molecule has 0 fully saturated rings. The van der Waals surface area contributed by atoms with Crippen molar-refractivity contribution in [3.8, 4) is 0 Å². The van der Waals surface area contributed by atoms with Crippen LogP contribution in [0, 0.1) is 5.82 Å². The first-order valence-corrected chi connectivity index (χ1v) is 6.84. The second-order valence-electron chi connectivity index (χ2n) is 4.47. The molecule has 0 saturated carbocycles. The molecule has 0 amide bonds. The van der Waals surface area contributed by atoms with Gasteiger partial charge < -0.3 is 19.5 Å². The standard InChI is InChI=1S/C15H24FNO3/c1-17-11-13-4-5-15(16)14(10-13)12-20-7-3-6-19-9-8-18-2/h4-5,10,17H,3,6-9,11-12H2,1-2H3. The second kappa shape index (κ2) is 10.7. The Labute approximate surface area is 120 Å². The van der Waals surface area contributed by atoms with Crippen molar-refractivity contribution in [1.29, 1.82) is 0 Å². The Morgan fingerprint density at radius 3 is 2.65 bits per heavy atom. The molecule has 0 spiro atoms. The zero-order valence-corrected chi connectivity index (χ0v) is 12.3. The minimum Gasteiger partial charge on any atom is -0.382 e. The van der Waals surface area contributed by atoms with Gasteiger partial charge in [0.15, 0.2) is 0 Å². The molecule has 0 atom stereocenters. The molecule has 0 heterocycles. The van der Waals surface area contributed by atoms with Crippen LogP contribution in [0.2, 0.25) is 0 Å². The van der Waals surface area contributed by atoms with Crippen LogP contribution in [0.4, 0.5) is 4.39 Å². The molecule has 0 radical (unpaired) electrons. The monoisotopic (exact) mass is 285 g/mol. The molecule has 1 N–H and O–H groups in total. The van der Waals surface area contributed by atoms with Crippen molar-refractivity contribution in [3.05, 3.63) is 35.1 Å². The lowest BCUT2D eigenvalue weighted by atomic mass is 10.1. The summed E-state index contributed by atoms with van der Waals surface area (Å²) in [6, 6.07) is 5.10. The lowest BCUT2D eigenvalue weighted by Crippen LogP contribution is -2.07. The van der Waals surface area contributed by atoms with E-state index >= 15 is 0 Å². The maximum absolute atomic E-state index is 13.6.